The number of nitrogens with zero attached hydrogens (tertiary/aromatic N) is 3. The minimum absolute atomic E-state index is 0.0159. The van der Waals surface area contributed by atoms with Gasteiger partial charge in [-0.15, -0.1) is 0 Å². The number of likely N-dealkylation sites (tertiary alicyclic amines) is 1. The summed E-state index contributed by atoms with van der Waals surface area (Å²) in [6.45, 7) is 4.38. The fourth-order valence-corrected chi connectivity index (χ4v) is 5.88. The molecule has 2 aliphatic heterocycles. The Morgan fingerprint density at radius 1 is 1.11 bits per heavy atom. The Labute approximate surface area is 202 Å². The second-order valence-electron chi connectivity index (χ2n) is 9.53. The van der Waals surface area contributed by atoms with Crippen molar-refractivity contribution in [2.45, 2.75) is 57.2 Å². The Hall–Kier alpha value is -3.60. The van der Waals surface area contributed by atoms with Gasteiger partial charge < -0.3 is 10.8 Å². The third kappa shape index (κ3) is 3.53. The summed E-state index contributed by atoms with van der Waals surface area (Å²) in [4.78, 5) is 81.3. The van der Waals surface area contributed by atoms with Crippen molar-refractivity contribution >= 4 is 35.5 Å². The molecule has 2 heterocycles. The summed E-state index contributed by atoms with van der Waals surface area (Å²) < 4.78 is 0. The molecule has 0 radical (unpaired) electrons. The number of primary amides is 1. The first-order chi connectivity index (χ1) is 16.3. The fourth-order valence-electron chi connectivity index (χ4n) is 5.88. The van der Waals surface area contributed by atoms with Gasteiger partial charge in [-0.3, -0.25) is 43.5 Å². The number of carboxylic acid groups (broad SMARTS) is 1. The maximum atomic E-state index is 13.8. The summed E-state index contributed by atoms with van der Waals surface area (Å²) in [6.07, 6.45) is -0.297. The van der Waals surface area contributed by atoms with E-state index >= 15 is 0 Å². The zero-order valence-electron chi connectivity index (χ0n) is 20.4. The van der Waals surface area contributed by atoms with Gasteiger partial charge in [0.1, 0.15) is 11.6 Å². The summed E-state index contributed by atoms with van der Waals surface area (Å²) in [7, 11) is 2.91. The highest BCUT2D eigenvalue weighted by molar-refractivity contribution is 6.23. The predicted molar refractivity (Wildman–Crippen MR) is 123 cm³/mol. The van der Waals surface area contributed by atoms with Gasteiger partial charge >= 0.3 is 5.97 Å². The van der Waals surface area contributed by atoms with Gasteiger partial charge in [0, 0.05) is 6.42 Å². The van der Waals surface area contributed by atoms with Crippen molar-refractivity contribution in [3.05, 3.63) is 35.4 Å². The van der Waals surface area contributed by atoms with E-state index in [0.29, 0.717) is 0 Å². The number of hydrogen-bond donors (Lipinski definition) is 2. The van der Waals surface area contributed by atoms with Crippen LogP contribution >= 0.6 is 0 Å². The van der Waals surface area contributed by atoms with Crippen molar-refractivity contribution < 1.29 is 33.9 Å². The Morgan fingerprint density at radius 3 is 2.03 bits per heavy atom. The summed E-state index contributed by atoms with van der Waals surface area (Å²) in [5.74, 6) is -6.53. The van der Waals surface area contributed by atoms with Gasteiger partial charge in [-0.25, -0.2) is 0 Å². The standard InChI is InChI=1S/C24H30N4O7/c1-6-15(21(33)34)24(22(25)35,26(4)5)23(2,3)28-17(29)12-11-16(20(28)32)27-18(30)13-9-7-8-10-14(13)19(27)31/h7-10,15-16H,6,11-12H2,1-5H3,(H2,25,35)(H,33,34)/t15?,16?,24-/m1/s1. The Bertz CT molecular complexity index is 1090. The molecule has 11 nitrogen and oxygen atoms in total. The lowest BCUT2D eigenvalue weighted by Gasteiger charge is -2.56. The smallest absolute Gasteiger partial charge is 0.309 e. The number of nitrogens with two attached hydrogens (primary N) is 1. The number of carbonyl (C=O) groups is 6. The van der Waals surface area contributed by atoms with Gasteiger partial charge in [0.05, 0.1) is 22.6 Å². The molecule has 1 fully saturated rings. The Morgan fingerprint density at radius 2 is 1.63 bits per heavy atom. The summed E-state index contributed by atoms with van der Waals surface area (Å²) in [5.41, 5.74) is 2.38. The quantitative estimate of drug-likeness (QED) is 0.502. The molecule has 0 saturated carbocycles. The molecular weight excluding hydrogens is 456 g/mol. The summed E-state index contributed by atoms with van der Waals surface area (Å²) in [5, 5.41) is 9.97. The van der Waals surface area contributed by atoms with E-state index < -0.39 is 58.5 Å². The molecule has 35 heavy (non-hydrogen) atoms. The third-order valence-electron chi connectivity index (χ3n) is 7.31. The van der Waals surface area contributed by atoms with Crippen molar-refractivity contribution in [2.75, 3.05) is 14.1 Å². The van der Waals surface area contributed by atoms with Crippen LogP contribution in [0.1, 0.15) is 60.7 Å². The van der Waals surface area contributed by atoms with Crippen molar-refractivity contribution in [1.82, 2.24) is 14.7 Å². The first-order valence-corrected chi connectivity index (χ1v) is 11.3. The highest BCUT2D eigenvalue weighted by Gasteiger charge is 2.64. The number of amides is 5. The zero-order chi connectivity index (χ0) is 26.5. The van der Waals surface area contributed by atoms with E-state index in [1.165, 1.54) is 45.0 Å². The average molecular weight is 487 g/mol. The van der Waals surface area contributed by atoms with E-state index in [1.54, 1.807) is 19.1 Å². The first kappa shape index (κ1) is 26.0. The van der Waals surface area contributed by atoms with Gasteiger partial charge in [0.25, 0.3) is 17.7 Å². The highest BCUT2D eigenvalue weighted by Crippen LogP contribution is 2.43. The molecule has 3 rings (SSSR count). The van der Waals surface area contributed by atoms with Crippen LogP contribution in [0, 0.1) is 5.92 Å². The number of likely N-dealkylation sites (N-methyl/N-ethyl adjacent to an activating group) is 1. The number of piperidine rings is 1. The van der Waals surface area contributed by atoms with E-state index in [-0.39, 0.29) is 30.4 Å². The number of carbonyl (C=O) groups excluding carboxylic acids is 5. The molecule has 1 aromatic carbocycles. The molecule has 3 N–H and O–H groups in total. The molecule has 0 spiro atoms. The normalized spacial score (nSPS) is 21.3. The maximum Gasteiger partial charge on any atom is 0.309 e. The lowest BCUT2D eigenvalue weighted by molar-refractivity contribution is -0.177. The van der Waals surface area contributed by atoms with Crippen LogP contribution < -0.4 is 5.73 Å². The lowest BCUT2D eigenvalue weighted by atomic mass is 9.66. The molecule has 5 amide bonds. The van der Waals surface area contributed by atoms with Crippen LogP contribution in [0.4, 0.5) is 0 Å². The first-order valence-electron chi connectivity index (χ1n) is 11.3. The molecule has 2 unspecified atom stereocenters. The molecule has 188 valence electrons. The van der Waals surface area contributed by atoms with Crippen LogP contribution in [0.25, 0.3) is 0 Å². The number of fused-ring (bicyclic) bond motifs is 1. The van der Waals surface area contributed by atoms with Crippen LogP contribution in [0.3, 0.4) is 0 Å². The van der Waals surface area contributed by atoms with Crippen LogP contribution in [0.2, 0.25) is 0 Å². The monoisotopic (exact) mass is 486 g/mol. The molecular formula is C24H30N4O7. The van der Waals surface area contributed by atoms with Crippen LogP contribution in [0.15, 0.2) is 24.3 Å². The van der Waals surface area contributed by atoms with Crippen molar-refractivity contribution in [3.8, 4) is 0 Å². The Kier molecular flexibility index (Phi) is 6.60. The third-order valence-corrected chi connectivity index (χ3v) is 7.31. The van der Waals surface area contributed by atoms with E-state index in [2.05, 4.69) is 0 Å². The summed E-state index contributed by atoms with van der Waals surface area (Å²) >= 11 is 0. The van der Waals surface area contributed by atoms with Crippen LogP contribution in [0.5, 0.6) is 0 Å². The second kappa shape index (κ2) is 8.88. The highest BCUT2D eigenvalue weighted by atomic mass is 16.4. The molecule has 11 heteroatoms. The topological polar surface area (TPSA) is 158 Å². The fraction of sp³-hybridized carbons (Fsp3) is 0.500. The minimum atomic E-state index is -2.00. The van der Waals surface area contributed by atoms with Gasteiger partial charge in [0.2, 0.25) is 11.8 Å². The largest absolute Gasteiger partial charge is 0.481 e. The van der Waals surface area contributed by atoms with Gasteiger partial charge in [0.15, 0.2) is 0 Å². The molecule has 3 atom stereocenters. The molecule has 1 saturated heterocycles. The van der Waals surface area contributed by atoms with Crippen molar-refractivity contribution in [2.24, 2.45) is 11.7 Å². The zero-order valence-corrected chi connectivity index (χ0v) is 20.4. The number of benzene rings is 1. The number of carboxylic acids is 1. The van der Waals surface area contributed by atoms with Crippen molar-refractivity contribution in [1.29, 1.82) is 0 Å². The van der Waals surface area contributed by atoms with Gasteiger partial charge in [-0.1, -0.05) is 19.1 Å². The van der Waals surface area contributed by atoms with Gasteiger partial charge in [-0.05, 0) is 52.9 Å². The minimum Gasteiger partial charge on any atom is -0.481 e. The van der Waals surface area contributed by atoms with E-state index in [4.69, 9.17) is 5.73 Å². The molecule has 1 aromatic rings. The van der Waals surface area contributed by atoms with Crippen LogP contribution in [-0.2, 0) is 19.2 Å². The van der Waals surface area contributed by atoms with E-state index in [9.17, 15) is 33.9 Å². The molecule has 0 aliphatic carbocycles. The Balaban J connectivity index is 2.13. The average Bonchev–Trinajstić information content (AvgIpc) is 3.01. The predicted octanol–water partition coefficient (Wildman–Crippen LogP) is 0.475. The maximum absolute atomic E-state index is 13.8. The molecule has 0 bridgehead atoms. The van der Waals surface area contributed by atoms with E-state index in [1.807, 2.05) is 0 Å². The number of rotatable bonds is 8. The molecule has 0 aromatic heterocycles. The SMILES string of the molecule is CCC(C(=O)O)[C@](C(N)=O)(N(C)C)C(C)(C)N1C(=O)CCC(N2C(=O)c3ccccc3C2=O)C1=O. The number of imide groups is 2. The lowest BCUT2D eigenvalue weighted by Crippen LogP contribution is -2.79. The molecule has 2 aliphatic rings. The number of aliphatic carboxylic acids is 1. The second-order valence-corrected chi connectivity index (χ2v) is 9.53. The van der Waals surface area contributed by atoms with Gasteiger partial charge in [-0.2, -0.15) is 0 Å². The summed E-state index contributed by atoms with van der Waals surface area (Å²) in [6, 6.07) is 4.88. The number of hydrogen-bond acceptors (Lipinski definition) is 7. The van der Waals surface area contributed by atoms with Crippen LogP contribution in [-0.4, -0.2) is 86.5 Å². The van der Waals surface area contributed by atoms with E-state index in [0.717, 1.165) is 9.80 Å². The van der Waals surface area contributed by atoms with Crippen molar-refractivity contribution in [3.63, 3.8) is 0 Å².